The Labute approximate surface area is 60.4 Å². The van der Waals surface area contributed by atoms with Gasteiger partial charge in [0.1, 0.15) is 0 Å². The molecule has 0 atom stereocenters. The van der Waals surface area contributed by atoms with E-state index in [0.717, 1.165) is 6.07 Å². The summed E-state index contributed by atoms with van der Waals surface area (Å²) in [6.07, 6.45) is 0. The van der Waals surface area contributed by atoms with E-state index in [1.165, 1.54) is 12.1 Å². The van der Waals surface area contributed by atoms with Crippen molar-refractivity contribution >= 4 is 21.2 Å². The average Bonchev–Trinajstić information content (AvgIpc) is 1.83. The SMILES string of the molecule is Fc1cccc([As])c1F. The Balaban J connectivity index is 3.25. The zero-order valence-corrected chi connectivity index (χ0v) is 6.31. The van der Waals surface area contributed by atoms with Crippen LogP contribution in [0.4, 0.5) is 8.78 Å². The van der Waals surface area contributed by atoms with E-state index in [0.29, 0.717) is 0 Å². The van der Waals surface area contributed by atoms with Gasteiger partial charge in [0.25, 0.3) is 0 Å². The molecule has 9 heavy (non-hydrogen) atoms. The van der Waals surface area contributed by atoms with Crippen molar-refractivity contribution < 1.29 is 8.78 Å². The van der Waals surface area contributed by atoms with Crippen LogP contribution in [0.15, 0.2) is 18.2 Å². The number of halogens is 2. The van der Waals surface area contributed by atoms with Crippen LogP contribution >= 0.6 is 0 Å². The van der Waals surface area contributed by atoms with Crippen LogP contribution in [-0.2, 0) is 0 Å². The summed E-state index contributed by atoms with van der Waals surface area (Å²) < 4.78 is 24.8. The average molecular weight is 188 g/mol. The second-order valence-corrected chi connectivity index (χ2v) is 2.58. The quantitative estimate of drug-likeness (QED) is 0.527. The minimum atomic E-state index is -0.798. The Morgan fingerprint density at radius 1 is 1.22 bits per heavy atom. The van der Waals surface area contributed by atoms with Gasteiger partial charge in [0.15, 0.2) is 0 Å². The van der Waals surface area contributed by atoms with Crippen LogP contribution in [0.1, 0.15) is 0 Å². The van der Waals surface area contributed by atoms with E-state index in [1.54, 1.807) is 0 Å². The molecule has 0 aromatic heterocycles. The fraction of sp³-hybridized carbons (Fsp3) is 0. The van der Waals surface area contributed by atoms with Gasteiger partial charge in [0, 0.05) is 0 Å². The number of hydrogen-bond donors (Lipinski definition) is 0. The van der Waals surface area contributed by atoms with Crippen molar-refractivity contribution in [2.24, 2.45) is 0 Å². The molecule has 0 nitrogen and oxygen atoms in total. The van der Waals surface area contributed by atoms with Crippen LogP contribution in [-0.4, -0.2) is 16.9 Å². The Kier molecular flexibility index (Phi) is 1.87. The zero-order chi connectivity index (χ0) is 6.85. The second kappa shape index (κ2) is 2.49. The van der Waals surface area contributed by atoms with Crippen molar-refractivity contribution in [3.05, 3.63) is 29.8 Å². The molecule has 3 heteroatoms. The number of rotatable bonds is 0. The summed E-state index contributed by atoms with van der Waals surface area (Å²) in [4.78, 5) is 0. The first-order chi connectivity index (χ1) is 4.22. The third kappa shape index (κ3) is 1.31. The molecule has 0 spiro atoms. The molecular formula is C6H3AsF2. The Bertz CT molecular complexity index is 202. The molecule has 0 aliphatic heterocycles. The summed E-state index contributed by atoms with van der Waals surface area (Å²) in [5.74, 6) is -1.58. The molecule has 0 amide bonds. The van der Waals surface area contributed by atoms with Crippen LogP contribution in [0.3, 0.4) is 0 Å². The molecule has 0 aliphatic rings. The van der Waals surface area contributed by atoms with Crippen molar-refractivity contribution in [2.75, 3.05) is 0 Å². The third-order valence-electron chi connectivity index (χ3n) is 0.931. The van der Waals surface area contributed by atoms with Crippen LogP contribution in [0.5, 0.6) is 0 Å². The molecule has 0 heterocycles. The molecule has 0 saturated heterocycles. The van der Waals surface area contributed by atoms with E-state index in [2.05, 4.69) is 0 Å². The summed E-state index contributed by atoms with van der Waals surface area (Å²) in [6, 6.07) is 4.05. The summed E-state index contributed by atoms with van der Waals surface area (Å²) in [5, 5.41) is 0. The van der Waals surface area contributed by atoms with E-state index in [-0.39, 0.29) is 4.35 Å². The van der Waals surface area contributed by atoms with Crippen LogP contribution < -0.4 is 4.35 Å². The first-order valence-corrected chi connectivity index (χ1v) is 3.28. The van der Waals surface area contributed by atoms with Crippen molar-refractivity contribution in [3.63, 3.8) is 0 Å². The zero-order valence-electron chi connectivity index (χ0n) is 4.44. The molecule has 0 bridgehead atoms. The van der Waals surface area contributed by atoms with Gasteiger partial charge in [-0.2, -0.15) is 0 Å². The second-order valence-electron chi connectivity index (χ2n) is 1.57. The Morgan fingerprint density at radius 3 is 2.33 bits per heavy atom. The van der Waals surface area contributed by atoms with Crippen LogP contribution in [0.25, 0.3) is 0 Å². The van der Waals surface area contributed by atoms with Crippen LogP contribution in [0, 0.1) is 11.6 Å². The van der Waals surface area contributed by atoms with E-state index in [4.69, 9.17) is 0 Å². The van der Waals surface area contributed by atoms with Gasteiger partial charge in [-0.15, -0.1) is 0 Å². The summed E-state index contributed by atoms with van der Waals surface area (Å²) in [6.45, 7) is 0. The van der Waals surface area contributed by atoms with Gasteiger partial charge in [-0.1, -0.05) is 0 Å². The Morgan fingerprint density at radius 2 is 1.89 bits per heavy atom. The van der Waals surface area contributed by atoms with E-state index in [9.17, 15) is 8.78 Å². The fourth-order valence-corrected chi connectivity index (χ4v) is 0.897. The number of hydrogen-bond acceptors (Lipinski definition) is 0. The van der Waals surface area contributed by atoms with Crippen LogP contribution in [0.2, 0.25) is 0 Å². The molecule has 1 rings (SSSR count). The first kappa shape index (κ1) is 6.75. The monoisotopic (exact) mass is 188 g/mol. The topological polar surface area (TPSA) is 0 Å². The van der Waals surface area contributed by atoms with Gasteiger partial charge in [0.2, 0.25) is 0 Å². The fourth-order valence-electron chi connectivity index (χ4n) is 0.492. The standard InChI is InChI=1S/C6H3AsF2/c7-4-2-1-3-5(8)6(4)9/h1-3H. The minimum absolute atomic E-state index is 0.280. The molecule has 1 aromatic rings. The van der Waals surface area contributed by atoms with E-state index < -0.39 is 11.6 Å². The first-order valence-electron chi connectivity index (χ1n) is 2.35. The Hall–Kier alpha value is -0.362. The van der Waals surface area contributed by atoms with Gasteiger partial charge in [-0.3, -0.25) is 0 Å². The maximum absolute atomic E-state index is 12.3. The van der Waals surface area contributed by atoms with Crippen molar-refractivity contribution in [1.29, 1.82) is 0 Å². The molecule has 0 N–H and O–H groups in total. The predicted octanol–water partition coefficient (Wildman–Crippen LogP) is 0.759. The summed E-state index contributed by atoms with van der Waals surface area (Å²) in [5.41, 5.74) is 0. The molecule has 46 valence electrons. The van der Waals surface area contributed by atoms with E-state index >= 15 is 0 Å². The van der Waals surface area contributed by atoms with Gasteiger partial charge in [-0.05, 0) is 0 Å². The third-order valence-corrected chi connectivity index (χ3v) is 1.66. The maximum atomic E-state index is 12.3. The molecule has 0 aliphatic carbocycles. The molecule has 1 aromatic carbocycles. The van der Waals surface area contributed by atoms with Crippen molar-refractivity contribution in [1.82, 2.24) is 0 Å². The summed E-state index contributed by atoms with van der Waals surface area (Å²) >= 11 is 1.96. The van der Waals surface area contributed by atoms with Gasteiger partial charge >= 0.3 is 59.8 Å². The van der Waals surface area contributed by atoms with Gasteiger partial charge in [-0.25, -0.2) is 0 Å². The van der Waals surface area contributed by atoms with E-state index in [1.807, 2.05) is 16.9 Å². The molecular weight excluding hydrogens is 185 g/mol. The number of benzene rings is 1. The van der Waals surface area contributed by atoms with Gasteiger partial charge in [0.05, 0.1) is 0 Å². The van der Waals surface area contributed by atoms with Crippen molar-refractivity contribution in [3.8, 4) is 0 Å². The predicted molar refractivity (Wildman–Crippen MR) is 31.7 cm³/mol. The van der Waals surface area contributed by atoms with Crippen molar-refractivity contribution in [2.45, 2.75) is 0 Å². The molecule has 0 fully saturated rings. The normalized spacial score (nSPS) is 9.67. The summed E-state index contributed by atoms with van der Waals surface area (Å²) in [7, 11) is 0. The molecule has 2 radical (unpaired) electrons. The molecule has 0 unspecified atom stereocenters. The molecule has 0 saturated carbocycles. The van der Waals surface area contributed by atoms with Gasteiger partial charge < -0.3 is 0 Å².